The van der Waals surface area contributed by atoms with Gasteiger partial charge in [0.05, 0.1) is 13.2 Å². The number of rotatable bonds is 10. The molecule has 118 valence electrons. The van der Waals surface area contributed by atoms with Crippen LogP contribution in [0.5, 0.6) is 0 Å². The third kappa shape index (κ3) is 4.81. The SMILES string of the molecule is O=S(=O)(NCCOCC1CC1)c1ccc(CNC2CC2)o1. The van der Waals surface area contributed by atoms with Gasteiger partial charge >= 0.3 is 0 Å². The molecule has 6 nitrogen and oxygen atoms in total. The monoisotopic (exact) mass is 314 g/mol. The van der Waals surface area contributed by atoms with Crippen molar-refractivity contribution in [2.24, 2.45) is 5.92 Å². The Balaban J connectivity index is 1.41. The molecule has 2 aliphatic rings. The van der Waals surface area contributed by atoms with Crippen LogP contribution in [0.25, 0.3) is 0 Å². The van der Waals surface area contributed by atoms with Crippen molar-refractivity contribution in [3.8, 4) is 0 Å². The van der Waals surface area contributed by atoms with Gasteiger partial charge in [0, 0.05) is 19.2 Å². The van der Waals surface area contributed by atoms with Crippen molar-refractivity contribution in [2.75, 3.05) is 19.8 Å². The summed E-state index contributed by atoms with van der Waals surface area (Å²) in [7, 11) is -3.57. The average molecular weight is 314 g/mol. The van der Waals surface area contributed by atoms with Crippen LogP contribution < -0.4 is 10.0 Å². The minimum absolute atomic E-state index is 0.0303. The number of hydrogen-bond acceptors (Lipinski definition) is 5. The standard InChI is InChI=1S/C14H22N2O4S/c17-21(18,16-7-8-19-10-11-1-2-11)14-6-5-13(20-14)9-15-12-3-4-12/h5-6,11-12,15-16H,1-4,7-10H2. The van der Waals surface area contributed by atoms with E-state index in [2.05, 4.69) is 10.0 Å². The molecule has 0 radical (unpaired) electrons. The number of ether oxygens (including phenoxy) is 1. The van der Waals surface area contributed by atoms with E-state index in [1.807, 2.05) is 0 Å². The Labute approximate surface area is 125 Å². The topological polar surface area (TPSA) is 80.6 Å². The van der Waals surface area contributed by atoms with Crippen molar-refractivity contribution in [3.05, 3.63) is 17.9 Å². The Hall–Kier alpha value is -0.890. The smallest absolute Gasteiger partial charge is 0.274 e. The second-order valence-corrected chi connectivity index (χ2v) is 7.49. The third-order valence-electron chi connectivity index (χ3n) is 3.63. The van der Waals surface area contributed by atoms with E-state index in [1.165, 1.54) is 31.7 Å². The summed E-state index contributed by atoms with van der Waals surface area (Å²) in [6, 6.07) is 3.77. The molecule has 2 fully saturated rings. The highest BCUT2D eigenvalue weighted by atomic mass is 32.2. The van der Waals surface area contributed by atoms with E-state index in [1.54, 1.807) is 6.07 Å². The first-order valence-corrected chi connectivity index (χ1v) is 9.01. The molecular formula is C14H22N2O4S. The van der Waals surface area contributed by atoms with Crippen LogP contribution in [0.4, 0.5) is 0 Å². The Morgan fingerprint density at radius 3 is 2.76 bits per heavy atom. The zero-order valence-electron chi connectivity index (χ0n) is 12.0. The largest absolute Gasteiger partial charge is 0.447 e. The van der Waals surface area contributed by atoms with Crippen LogP contribution >= 0.6 is 0 Å². The van der Waals surface area contributed by atoms with Crippen LogP contribution in [-0.4, -0.2) is 34.2 Å². The van der Waals surface area contributed by atoms with Crippen molar-refractivity contribution >= 4 is 10.0 Å². The lowest BCUT2D eigenvalue weighted by Gasteiger charge is -2.05. The average Bonchev–Trinajstić information content (AvgIpc) is 3.37. The first kappa shape index (κ1) is 15.0. The lowest BCUT2D eigenvalue weighted by molar-refractivity contribution is 0.129. The van der Waals surface area contributed by atoms with E-state index in [4.69, 9.17) is 9.15 Å². The van der Waals surface area contributed by atoms with Gasteiger partial charge in [0.15, 0.2) is 0 Å². The molecule has 0 aliphatic heterocycles. The molecule has 0 spiro atoms. The number of sulfonamides is 1. The minimum atomic E-state index is -3.57. The zero-order valence-corrected chi connectivity index (χ0v) is 12.8. The zero-order chi connectivity index (χ0) is 14.7. The van der Waals surface area contributed by atoms with Crippen molar-refractivity contribution in [1.82, 2.24) is 10.0 Å². The predicted octanol–water partition coefficient (Wildman–Crippen LogP) is 1.24. The molecule has 0 bridgehead atoms. The van der Waals surface area contributed by atoms with E-state index in [-0.39, 0.29) is 11.6 Å². The highest BCUT2D eigenvalue weighted by molar-refractivity contribution is 7.89. The fourth-order valence-electron chi connectivity index (χ4n) is 1.98. The fraction of sp³-hybridized carbons (Fsp3) is 0.714. The van der Waals surface area contributed by atoms with Gasteiger partial charge in [0.2, 0.25) is 5.09 Å². The molecule has 1 aromatic rings. The Kier molecular flexibility index (Phi) is 4.63. The lowest BCUT2D eigenvalue weighted by atomic mass is 10.4. The number of nitrogens with one attached hydrogen (secondary N) is 2. The Bertz CT molecular complexity index is 561. The van der Waals surface area contributed by atoms with Gasteiger partial charge in [0.1, 0.15) is 5.76 Å². The van der Waals surface area contributed by atoms with Gasteiger partial charge in [-0.1, -0.05) is 0 Å². The Morgan fingerprint density at radius 1 is 1.24 bits per heavy atom. The van der Waals surface area contributed by atoms with Crippen LogP contribution in [-0.2, 0) is 21.3 Å². The maximum absolute atomic E-state index is 12.0. The van der Waals surface area contributed by atoms with E-state index >= 15 is 0 Å². The van der Waals surface area contributed by atoms with Crippen molar-refractivity contribution < 1.29 is 17.6 Å². The highest BCUT2D eigenvalue weighted by Gasteiger charge is 2.23. The van der Waals surface area contributed by atoms with Gasteiger partial charge in [0.25, 0.3) is 10.0 Å². The van der Waals surface area contributed by atoms with Gasteiger partial charge in [-0.3, -0.25) is 0 Å². The second-order valence-electron chi connectivity index (χ2n) is 5.79. The lowest BCUT2D eigenvalue weighted by Crippen LogP contribution is -2.27. The molecule has 1 aromatic heterocycles. The third-order valence-corrected chi connectivity index (χ3v) is 4.97. The second kappa shape index (κ2) is 6.48. The summed E-state index contributed by atoms with van der Waals surface area (Å²) >= 11 is 0. The first-order valence-electron chi connectivity index (χ1n) is 7.53. The van der Waals surface area contributed by atoms with Crippen LogP contribution in [0, 0.1) is 5.92 Å². The molecule has 7 heteroatoms. The van der Waals surface area contributed by atoms with Crippen LogP contribution in [0.2, 0.25) is 0 Å². The van der Waals surface area contributed by atoms with Crippen LogP contribution in [0.1, 0.15) is 31.4 Å². The molecular weight excluding hydrogens is 292 g/mol. The molecule has 0 saturated heterocycles. The summed E-state index contributed by atoms with van der Waals surface area (Å²) in [4.78, 5) is 0. The van der Waals surface area contributed by atoms with Gasteiger partial charge in [-0.15, -0.1) is 0 Å². The molecule has 2 saturated carbocycles. The van der Waals surface area contributed by atoms with Crippen LogP contribution in [0.15, 0.2) is 21.6 Å². The molecule has 21 heavy (non-hydrogen) atoms. The van der Waals surface area contributed by atoms with Gasteiger partial charge < -0.3 is 14.5 Å². The number of furan rings is 1. The summed E-state index contributed by atoms with van der Waals surface area (Å²) in [6.45, 7) is 1.97. The molecule has 2 N–H and O–H groups in total. The fourth-order valence-corrected chi connectivity index (χ4v) is 2.94. The molecule has 0 atom stereocenters. The molecule has 0 aromatic carbocycles. The van der Waals surface area contributed by atoms with Crippen molar-refractivity contribution in [3.63, 3.8) is 0 Å². The first-order chi connectivity index (χ1) is 10.1. The van der Waals surface area contributed by atoms with E-state index in [0.29, 0.717) is 30.9 Å². The van der Waals surface area contributed by atoms with Crippen LogP contribution in [0.3, 0.4) is 0 Å². The van der Waals surface area contributed by atoms with Gasteiger partial charge in [-0.2, -0.15) is 0 Å². The normalized spacial score (nSPS) is 19.0. The highest BCUT2D eigenvalue weighted by Crippen LogP contribution is 2.28. The van der Waals surface area contributed by atoms with Gasteiger partial charge in [-0.25, -0.2) is 13.1 Å². The van der Waals surface area contributed by atoms with Gasteiger partial charge in [-0.05, 0) is 43.7 Å². The molecule has 2 aliphatic carbocycles. The molecule has 1 heterocycles. The van der Waals surface area contributed by atoms with E-state index in [0.717, 1.165) is 6.61 Å². The summed E-state index contributed by atoms with van der Waals surface area (Å²) < 4.78 is 37.3. The maximum Gasteiger partial charge on any atom is 0.274 e. The molecule has 3 rings (SSSR count). The predicted molar refractivity (Wildman–Crippen MR) is 77.3 cm³/mol. The quantitative estimate of drug-likeness (QED) is 0.635. The molecule has 0 amide bonds. The van der Waals surface area contributed by atoms with E-state index < -0.39 is 10.0 Å². The molecule has 0 unspecified atom stereocenters. The number of hydrogen-bond donors (Lipinski definition) is 2. The maximum atomic E-state index is 12.0. The summed E-state index contributed by atoms with van der Waals surface area (Å²) in [6.07, 6.45) is 4.84. The van der Waals surface area contributed by atoms with E-state index in [9.17, 15) is 8.42 Å². The summed E-state index contributed by atoms with van der Waals surface area (Å²) in [5.74, 6) is 1.33. The van der Waals surface area contributed by atoms with Crippen molar-refractivity contribution in [1.29, 1.82) is 0 Å². The minimum Gasteiger partial charge on any atom is -0.447 e. The summed E-state index contributed by atoms with van der Waals surface area (Å²) in [5.41, 5.74) is 0. The Morgan fingerprint density at radius 2 is 2.05 bits per heavy atom. The van der Waals surface area contributed by atoms with Crippen molar-refractivity contribution in [2.45, 2.75) is 43.4 Å². The summed E-state index contributed by atoms with van der Waals surface area (Å²) in [5, 5.41) is 3.25.